The van der Waals surface area contributed by atoms with Crippen LogP contribution in [-0.4, -0.2) is 36.0 Å². The number of hydrogen-bond donors (Lipinski definition) is 1. The van der Waals surface area contributed by atoms with Crippen LogP contribution in [0, 0.1) is 0 Å². The van der Waals surface area contributed by atoms with E-state index in [0.717, 1.165) is 56.8 Å². The van der Waals surface area contributed by atoms with Crippen LogP contribution in [0.15, 0.2) is 4.42 Å². The van der Waals surface area contributed by atoms with Crippen molar-refractivity contribution in [3.63, 3.8) is 0 Å². The van der Waals surface area contributed by atoms with Crippen LogP contribution in [-0.2, 0) is 11.2 Å². The van der Waals surface area contributed by atoms with Crippen molar-refractivity contribution in [2.24, 2.45) is 0 Å². The lowest BCUT2D eigenvalue weighted by Crippen LogP contribution is -2.19. The molecule has 3 rings (SSSR count). The van der Waals surface area contributed by atoms with Crippen LogP contribution in [0.4, 0.5) is 0 Å². The second-order valence-corrected chi connectivity index (χ2v) is 4.90. The molecule has 0 aromatic carbocycles. The lowest BCUT2D eigenvalue weighted by atomic mass is 10.0. The third kappa shape index (κ3) is 3.04. The standard InChI is InChI=1S/C12H19N3O2/c1-2-10(1)13-6-3-11-14-15-12(17-11)9-4-7-16-8-5-9/h9-10,13H,1-8H2. The van der Waals surface area contributed by atoms with E-state index in [2.05, 4.69) is 15.5 Å². The molecule has 17 heavy (non-hydrogen) atoms. The minimum absolute atomic E-state index is 0.404. The molecule has 0 amide bonds. The fraction of sp³-hybridized carbons (Fsp3) is 0.833. The van der Waals surface area contributed by atoms with Gasteiger partial charge in [0, 0.05) is 38.1 Å². The maximum absolute atomic E-state index is 5.71. The summed E-state index contributed by atoms with van der Waals surface area (Å²) in [5, 5.41) is 11.7. The molecular formula is C12H19N3O2. The van der Waals surface area contributed by atoms with E-state index in [-0.39, 0.29) is 0 Å². The Balaban J connectivity index is 1.49. The largest absolute Gasteiger partial charge is 0.425 e. The molecule has 1 aliphatic heterocycles. The van der Waals surface area contributed by atoms with Crippen molar-refractivity contribution in [2.45, 2.75) is 44.1 Å². The topological polar surface area (TPSA) is 60.2 Å². The lowest BCUT2D eigenvalue weighted by molar-refractivity contribution is 0.0791. The van der Waals surface area contributed by atoms with Crippen LogP contribution >= 0.6 is 0 Å². The van der Waals surface area contributed by atoms with Gasteiger partial charge in [0.15, 0.2) is 0 Å². The fourth-order valence-electron chi connectivity index (χ4n) is 2.15. The summed E-state index contributed by atoms with van der Waals surface area (Å²) in [7, 11) is 0. The van der Waals surface area contributed by atoms with Gasteiger partial charge in [-0.2, -0.15) is 0 Å². The van der Waals surface area contributed by atoms with Crippen LogP contribution < -0.4 is 5.32 Å². The molecule has 0 atom stereocenters. The second-order valence-electron chi connectivity index (χ2n) is 4.90. The first kappa shape index (κ1) is 11.2. The number of nitrogens with zero attached hydrogens (tertiary/aromatic N) is 2. The minimum Gasteiger partial charge on any atom is -0.425 e. The molecule has 2 fully saturated rings. The van der Waals surface area contributed by atoms with Crippen molar-refractivity contribution in [3.8, 4) is 0 Å². The number of nitrogens with one attached hydrogen (secondary N) is 1. The zero-order chi connectivity index (χ0) is 11.5. The molecule has 0 unspecified atom stereocenters. The molecule has 1 aromatic heterocycles. The first-order chi connectivity index (χ1) is 8.42. The highest BCUT2D eigenvalue weighted by molar-refractivity contribution is 4.93. The molecule has 1 saturated heterocycles. The van der Waals surface area contributed by atoms with Gasteiger partial charge < -0.3 is 14.5 Å². The summed E-state index contributed by atoms with van der Waals surface area (Å²) in [6.45, 7) is 2.57. The second kappa shape index (κ2) is 5.14. The van der Waals surface area contributed by atoms with Gasteiger partial charge >= 0.3 is 0 Å². The minimum atomic E-state index is 0.404. The number of aromatic nitrogens is 2. The Kier molecular flexibility index (Phi) is 3.38. The van der Waals surface area contributed by atoms with Crippen LogP contribution in [0.5, 0.6) is 0 Å². The van der Waals surface area contributed by atoms with Gasteiger partial charge in [-0.3, -0.25) is 0 Å². The molecular weight excluding hydrogens is 218 g/mol. The third-order valence-electron chi connectivity index (χ3n) is 3.40. The summed E-state index contributed by atoms with van der Waals surface area (Å²) in [6, 6.07) is 0.743. The Morgan fingerprint density at radius 2 is 1.94 bits per heavy atom. The Bertz CT molecular complexity index is 356. The van der Waals surface area contributed by atoms with Gasteiger partial charge in [-0.15, -0.1) is 10.2 Å². The highest BCUT2D eigenvalue weighted by atomic mass is 16.5. The third-order valence-corrected chi connectivity index (χ3v) is 3.40. The Morgan fingerprint density at radius 1 is 1.12 bits per heavy atom. The molecule has 1 aliphatic carbocycles. The summed E-state index contributed by atoms with van der Waals surface area (Å²) in [5.74, 6) is 1.97. The van der Waals surface area contributed by atoms with Gasteiger partial charge in [-0.05, 0) is 25.7 Å². The van der Waals surface area contributed by atoms with E-state index in [0.29, 0.717) is 5.92 Å². The highest BCUT2D eigenvalue weighted by Gasteiger charge is 2.22. The summed E-state index contributed by atoms with van der Waals surface area (Å²) in [4.78, 5) is 0. The predicted octanol–water partition coefficient (Wildman–Crippen LogP) is 1.26. The zero-order valence-corrected chi connectivity index (χ0v) is 10.0. The van der Waals surface area contributed by atoms with E-state index in [4.69, 9.17) is 9.15 Å². The Hall–Kier alpha value is -0.940. The summed E-state index contributed by atoms with van der Waals surface area (Å²) in [5.41, 5.74) is 0. The summed E-state index contributed by atoms with van der Waals surface area (Å²) in [6.07, 6.45) is 5.48. The van der Waals surface area contributed by atoms with E-state index in [9.17, 15) is 0 Å². The van der Waals surface area contributed by atoms with Crippen LogP contribution in [0.25, 0.3) is 0 Å². The average molecular weight is 237 g/mol. The van der Waals surface area contributed by atoms with E-state index < -0.39 is 0 Å². The van der Waals surface area contributed by atoms with Crippen molar-refractivity contribution >= 4 is 0 Å². The van der Waals surface area contributed by atoms with Gasteiger partial charge in [-0.25, -0.2) is 0 Å². The predicted molar refractivity (Wildman–Crippen MR) is 61.8 cm³/mol. The smallest absolute Gasteiger partial charge is 0.219 e. The number of rotatable bonds is 5. The van der Waals surface area contributed by atoms with Gasteiger partial charge in [0.25, 0.3) is 0 Å². The normalized spacial score (nSPS) is 21.9. The monoisotopic (exact) mass is 237 g/mol. The maximum atomic E-state index is 5.71. The van der Waals surface area contributed by atoms with Crippen molar-refractivity contribution in [1.29, 1.82) is 0 Å². The highest BCUT2D eigenvalue weighted by Crippen LogP contribution is 2.25. The molecule has 1 aromatic rings. The fourth-order valence-corrected chi connectivity index (χ4v) is 2.15. The molecule has 0 bridgehead atoms. The number of hydrogen-bond acceptors (Lipinski definition) is 5. The van der Waals surface area contributed by atoms with Gasteiger partial charge in [0.2, 0.25) is 11.8 Å². The van der Waals surface area contributed by atoms with E-state index >= 15 is 0 Å². The zero-order valence-electron chi connectivity index (χ0n) is 10.0. The number of ether oxygens (including phenoxy) is 1. The van der Waals surface area contributed by atoms with Crippen molar-refractivity contribution in [2.75, 3.05) is 19.8 Å². The van der Waals surface area contributed by atoms with Crippen molar-refractivity contribution in [3.05, 3.63) is 11.8 Å². The molecule has 1 N–H and O–H groups in total. The molecule has 0 radical (unpaired) electrons. The molecule has 2 heterocycles. The molecule has 5 heteroatoms. The van der Waals surface area contributed by atoms with E-state index in [1.807, 2.05) is 0 Å². The van der Waals surface area contributed by atoms with E-state index in [1.165, 1.54) is 12.8 Å². The SMILES string of the molecule is C(Cc1nnc(C2CCOCC2)o1)NC1CC1. The molecule has 1 saturated carbocycles. The molecule has 5 nitrogen and oxygen atoms in total. The molecule has 94 valence electrons. The first-order valence-electron chi connectivity index (χ1n) is 6.55. The Labute approximate surface area is 101 Å². The van der Waals surface area contributed by atoms with Crippen LogP contribution in [0.1, 0.15) is 43.4 Å². The maximum Gasteiger partial charge on any atom is 0.219 e. The van der Waals surface area contributed by atoms with Gasteiger partial charge in [0.1, 0.15) is 0 Å². The molecule has 2 aliphatic rings. The van der Waals surface area contributed by atoms with Gasteiger partial charge in [0.05, 0.1) is 0 Å². The van der Waals surface area contributed by atoms with E-state index in [1.54, 1.807) is 0 Å². The molecule has 0 spiro atoms. The Morgan fingerprint density at radius 3 is 2.71 bits per heavy atom. The quantitative estimate of drug-likeness (QED) is 0.835. The summed E-state index contributed by atoms with van der Waals surface area (Å²) < 4.78 is 11.0. The van der Waals surface area contributed by atoms with Crippen molar-refractivity contribution < 1.29 is 9.15 Å². The van der Waals surface area contributed by atoms with Gasteiger partial charge in [-0.1, -0.05) is 0 Å². The average Bonchev–Trinajstić information content (AvgIpc) is 3.07. The van der Waals surface area contributed by atoms with Crippen LogP contribution in [0.2, 0.25) is 0 Å². The summed E-state index contributed by atoms with van der Waals surface area (Å²) >= 11 is 0. The van der Waals surface area contributed by atoms with Crippen LogP contribution in [0.3, 0.4) is 0 Å². The lowest BCUT2D eigenvalue weighted by Gasteiger charge is -2.18. The van der Waals surface area contributed by atoms with Crippen molar-refractivity contribution in [1.82, 2.24) is 15.5 Å². The first-order valence-corrected chi connectivity index (χ1v) is 6.55.